The van der Waals surface area contributed by atoms with Crippen LogP contribution < -0.4 is 0 Å². The van der Waals surface area contributed by atoms with E-state index in [2.05, 4.69) is 0 Å². The van der Waals surface area contributed by atoms with Gasteiger partial charge in [0.2, 0.25) is 0 Å². The number of unbranched alkanes of at least 4 members (excludes halogenated alkanes) is 9. The van der Waals surface area contributed by atoms with Crippen molar-refractivity contribution in [3.63, 3.8) is 0 Å². The van der Waals surface area contributed by atoms with Crippen molar-refractivity contribution in [1.82, 2.24) is 0 Å². The highest BCUT2D eigenvalue weighted by molar-refractivity contribution is 6.58. The average molecular weight is 338 g/mol. The van der Waals surface area contributed by atoms with Gasteiger partial charge in [-0.1, -0.05) is 57.4 Å². The molecule has 130 valence electrons. The first-order valence-electron chi connectivity index (χ1n) is 8.32. The van der Waals surface area contributed by atoms with Crippen LogP contribution in [0, 0.1) is 0 Å². The molecule has 0 fully saturated rings. The molecule has 0 unspecified atom stereocenters. The van der Waals surface area contributed by atoms with Gasteiger partial charge in [0, 0.05) is 12.1 Å². The lowest BCUT2D eigenvalue weighted by molar-refractivity contribution is -0.137. The zero-order chi connectivity index (χ0) is 16.7. The van der Waals surface area contributed by atoms with Crippen molar-refractivity contribution in [2.24, 2.45) is 0 Å². The highest BCUT2D eigenvalue weighted by atomic mass is 28.5. The first kappa shape index (κ1) is 21.2. The van der Waals surface area contributed by atoms with E-state index >= 15 is 0 Å². The van der Waals surface area contributed by atoms with Crippen LogP contribution >= 0.6 is 0 Å². The van der Waals surface area contributed by atoms with Crippen molar-refractivity contribution < 1.29 is 21.9 Å². The smallest absolute Gasteiger partial charge is 0.463 e. The van der Waals surface area contributed by atoms with Crippen LogP contribution in [0.25, 0.3) is 0 Å². The molecule has 2 nitrogen and oxygen atoms in total. The minimum Gasteiger partial charge on any atom is -0.463 e. The summed E-state index contributed by atoms with van der Waals surface area (Å²) in [7, 11) is -5.30. The Morgan fingerprint density at radius 3 is 1.77 bits per heavy atom. The molecular weight excluding hydrogens is 309 g/mol. The number of ether oxygens (including phenoxy) is 1. The molecule has 0 radical (unpaired) electrons. The van der Waals surface area contributed by atoms with E-state index in [4.69, 9.17) is 4.74 Å². The van der Waals surface area contributed by atoms with E-state index < -0.39 is 15.1 Å². The lowest BCUT2D eigenvalue weighted by Gasteiger charge is -2.04. The average Bonchev–Trinajstić information content (AvgIpc) is 2.43. The van der Waals surface area contributed by atoms with Gasteiger partial charge in [0.05, 0.1) is 6.61 Å². The summed E-state index contributed by atoms with van der Waals surface area (Å²) in [6.07, 6.45) is 12.6. The highest BCUT2D eigenvalue weighted by Crippen LogP contribution is 2.19. The van der Waals surface area contributed by atoms with Crippen LogP contribution in [0.4, 0.5) is 12.3 Å². The second-order valence-electron chi connectivity index (χ2n) is 5.57. The molecule has 0 amide bonds. The molecule has 0 aliphatic rings. The summed E-state index contributed by atoms with van der Waals surface area (Å²) in [5.74, 6) is -0.282. The molecule has 0 aromatic heterocycles. The van der Waals surface area contributed by atoms with Gasteiger partial charge in [-0.2, -0.15) is 0 Å². The van der Waals surface area contributed by atoms with Crippen LogP contribution in [0.15, 0.2) is 12.2 Å². The van der Waals surface area contributed by atoms with E-state index in [-0.39, 0.29) is 5.97 Å². The number of esters is 1. The molecule has 0 saturated heterocycles. The molecule has 0 spiro atoms. The quantitative estimate of drug-likeness (QED) is 0.130. The number of carbonyl (C=O) groups is 1. The molecule has 0 bridgehead atoms. The molecular formula is C16H29F3O2Si. The lowest BCUT2D eigenvalue weighted by Crippen LogP contribution is -2.13. The van der Waals surface area contributed by atoms with Gasteiger partial charge in [-0.3, -0.25) is 0 Å². The Hall–Kier alpha value is -0.783. The van der Waals surface area contributed by atoms with Crippen LogP contribution in [-0.4, -0.2) is 21.7 Å². The number of allylic oxidation sites excluding steroid dienone is 1. The summed E-state index contributed by atoms with van der Waals surface area (Å²) in [6, 6.07) is -0.508. The third kappa shape index (κ3) is 17.3. The molecule has 0 atom stereocenters. The fourth-order valence-electron chi connectivity index (χ4n) is 2.20. The number of hydrogen-bond acceptors (Lipinski definition) is 2. The fraction of sp³-hybridized carbons (Fsp3) is 0.812. The maximum atomic E-state index is 12.0. The van der Waals surface area contributed by atoms with Gasteiger partial charge < -0.3 is 4.74 Å². The van der Waals surface area contributed by atoms with Crippen molar-refractivity contribution >= 4 is 15.0 Å². The number of halogens is 3. The maximum absolute atomic E-state index is 12.0. The van der Waals surface area contributed by atoms with Crippen LogP contribution in [0.5, 0.6) is 0 Å². The standard InChI is InChI=1S/C16H29F3O2Si/c1-2-13-16(20)21-14-11-9-7-5-3-4-6-8-10-12-15-22(17,18)19/h2,13H,3-12,14-15H2,1H3. The topological polar surface area (TPSA) is 26.3 Å². The van der Waals surface area contributed by atoms with E-state index in [0.29, 0.717) is 19.4 Å². The summed E-state index contributed by atoms with van der Waals surface area (Å²) in [4.78, 5) is 11.0. The van der Waals surface area contributed by atoms with Crippen molar-refractivity contribution in [2.45, 2.75) is 77.2 Å². The number of rotatable bonds is 14. The summed E-state index contributed by atoms with van der Waals surface area (Å²) in [5.41, 5.74) is 0. The second-order valence-corrected chi connectivity index (χ2v) is 7.30. The predicted octanol–water partition coefficient (Wildman–Crippen LogP) is 5.85. The van der Waals surface area contributed by atoms with Crippen molar-refractivity contribution in [3.8, 4) is 0 Å². The normalized spacial score (nSPS) is 12.0. The maximum Gasteiger partial charge on any atom is 0.616 e. The monoisotopic (exact) mass is 338 g/mol. The van der Waals surface area contributed by atoms with Gasteiger partial charge in [-0.15, -0.1) is 0 Å². The minimum absolute atomic E-state index is 0.282. The van der Waals surface area contributed by atoms with Crippen molar-refractivity contribution in [2.75, 3.05) is 6.61 Å². The Balaban J connectivity index is 3.13. The van der Waals surface area contributed by atoms with Gasteiger partial charge >= 0.3 is 15.0 Å². The second kappa shape index (κ2) is 13.9. The molecule has 0 heterocycles. The van der Waals surface area contributed by atoms with Gasteiger partial charge in [0.1, 0.15) is 0 Å². The van der Waals surface area contributed by atoms with Gasteiger partial charge in [0.15, 0.2) is 0 Å². The highest BCUT2D eigenvalue weighted by Gasteiger charge is 2.35. The molecule has 0 aromatic carbocycles. The molecule has 0 aromatic rings. The largest absolute Gasteiger partial charge is 0.616 e. The van der Waals surface area contributed by atoms with Crippen molar-refractivity contribution in [1.29, 1.82) is 0 Å². The molecule has 0 aliphatic heterocycles. The van der Waals surface area contributed by atoms with Gasteiger partial charge in [0.25, 0.3) is 0 Å². The summed E-state index contributed by atoms with van der Waals surface area (Å²) in [5, 5.41) is 0. The van der Waals surface area contributed by atoms with E-state index in [1.807, 2.05) is 0 Å². The van der Waals surface area contributed by atoms with Crippen LogP contribution in [0.1, 0.15) is 71.1 Å². The number of hydrogen-bond donors (Lipinski definition) is 0. The van der Waals surface area contributed by atoms with Crippen LogP contribution in [0.3, 0.4) is 0 Å². The van der Waals surface area contributed by atoms with Crippen LogP contribution in [0.2, 0.25) is 6.04 Å². The molecule has 0 aliphatic carbocycles. The van der Waals surface area contributed by atoms with E-state index in [0.717, 1.165) is 51.4 Å². The van der Waals surface area contributed by atoms with E-state index in [1.54, 1.807) is 13.0 Å². The van der Waals surface area contributed by atoms with E-state index in [9.17, 15) is 17.1 Å². The van der Waals surface area contributed by atoms with Crippen LogP contribution in [-0.2, 0) is 9.53 Å². The number of carbonyl (C=O) groups excluding carboxylic acids is 1. The summed E-state index contributed by atoms with van der Waals surface area (Å²) < 4.78 is 41.1. The Bertz CT molecular complexity index is 304. The van der Waals surface area contributed by atoms with Crippen molar-refractivity contribution in [3.05, 3.63) is 12.2 Å². The van der Waals surface area contributed by atoms with E-state index in [1.165, 1.54) is 6.08 Å². The zero-order valence-electron chi connectivity index (χ0n) is 13.6. The van der Waals surface area contributed by atoms with Gasteiger partial charge in [-0.05, 0) is 19.8 Å². The molecule has 0 saturated carbocycles. The Morgan fingerprint density at radius 2 is 1.32 bits per heavy atom. The molecule has 0 rings (SSSR count). The fourth-order valence-corrected chi connectivity index (χ4v) is 2.85. The Kier molecular flexibility index (Phi) is 13.4. The summed E-state index contributed by atoms with van der Waals surface area (Å²) >= 11 is 0. The Morgan fingerprint density at radius 1 is 0.864 bits per heavy atom. The minimum atomic E-state index is -5.30. The lowest BCUT2D eigenvalue weighted by atomic mass is 10.1. The summed E-state index contributed by atoms with van der Waals surface area (Å²) in [6.45, 7) is 2.25. The zero-order valence-corrected chi connectivity index (χ0v) is 14.6. The van der Waals surface area contributed by atoms with Gasteiger partial charge in [-0.25, -0.2) is 17.1 Å². The third-order valence-electron chi connectivity index (χ3n) is 3.40. The SMILES string of the molecule is CC=CC(=O)OCCCCCCCCCCCC[Si](F)(F)F. The predicted molar refractivity (Wildman–Crippen MR) is 85.8 cm³/mol. The molecule has 6 heteroatoms. The first-order chi connectivity index (χ1) is 10.5. The molecule has 0 N–H and O–H groups in total. The third-order valence-corrected chi connectivity index (χ3v) is 4.32. The Labute approximate surface area is 133 Å². The molecule has 22 heavy (non-hydrogen) atoms. The first-order valence-corrected chi connectivity index (χ1v) is 10.2.